The topological polar surface area (TPSA) is 92.3 Å². The Hall–Kier alpha value is -2.48. The minimum atomic E-state index is -2.96. The van der Waals surface area contributed by atoms with E-state index in [0.717, 1.165) is 11.4 Å². The lowest BCUT2D eigenvalue weighted by atomic mass is 10.2. The third kappa shape index (κ3) is 4.33. The Morgan fingerprint density at radius 2 is 2.12 bits per heavy atom. The van der Waals surface area contributed by atoms with Crippen molar-refractivity contribution in [3.63, 3.8) is 0 Å². The first-order valence-corrected chi connectivity index (χ1v) is 9.84. The van der Waals surface area contributed by atoms with Gasteiger partial charge in [-0.05, 0) is 30.7 Å². The molecular weight excluding hydrogens is 340 g/mol. The summed E-state index contributed by atoms with van der Waals surface area (Å²) in [5.74, 6) is 0.0670. The van der Waals surface area contributed by atoms with Crippen LogP contribution in [0.1, 0.15) is 22.6 Å². The van der Waals surface area contributed by atoms with Crippen LogP contribution in [0.4, 0.5) is 5.69 Å². The van der Waals surface area contributed by atoms with Crippen molar-refractivity contribution in [2.24, 2.45) is 0 Å². The average molecular weight is 360 g/mol. The first-order chi connectivity index (χ1) is 11.9. The van der Waals surface area contributed by atoms with E-state index in [1.807, 2.05) is 30.1 Å². The largest absolute Gasteiger partial charge is 0.370 e. The van der Waals surface area contributed by atoms with Crippen LogP contribution in [-0.2, 0) is 16.4 Å². The van der Waals surface area contributed by atoms with Crippen molar-refractivity contribution in [3.8, 4) is 0 Å². The van der Waals surface area contributed by atoms with Crippen molar-refractivity contribution in [2.45, 2.75) is 19.0 Å². The van der Waals surface area contributed by atoms with Crippen LogP contribution in [0.5, 0.6) is 0 Å². The smallest absolute Gasteiger partial charge is 0.270 e. The molecule has 0 spiro atoms. The number of nitrogens with one attached hydrogen (secondary N) is 1. The molecule has 25 heavy (non-hydrogen) atoms. The standard InChI is InChI=1S/C17H20N4O3S/c1-21(15-6-9-25(23,24)12-15)14-5-8-19-16(10-14)17(22)20-11-13-4-2-3-7-18-13/h2-5,7-8,10,15H,6,9,11-12H2,1H3,(H,20,22). The Morgan fingerprint density at radius 3 is 2.80 bits per heavy atom. The van der Waals surface area contributed by atoms with Gasteiger partial charge >= 0.3 is 0 Å². The van der Waals surface area contributed by atoms with Crippen LogP contribution in [0, 0.1) is 0 Å². The van der Waals surface area contributed by atoms with Gasteiger partial charge in [0.2, 0.25) is 0 Å². The van der Waals surface area contributed by atoms with Gasteiger partial charge in [0.25, 0.3) is 5.91 Å². The van der Waals surface area contributed by atoms with Gasteiger partial charge < -0.3 is 10.2 Å². The zero-order valence-electron chi connectivity index (χ0n) is 13.9. The number of hydrogen-bond acceptors (Lipinski definition) is 6. The van der Waals surface area contributed by atoms with Crippen molar-refractivity contribution in [2.75, 3.05) is 23.5 Å². The van der Waals surface area contributed by atoms with Gasteiger partial charge in [-0.2, -0.15) is 0 Å². The second-order valence-corrected chi connectivity index (χ2v) is 8.30. The number of nitrogens with zero attached hydrogens (tertiary/aromatic N) is 3. The third-order valence-electron chi connectivity index (χ3n) is 4.30. The lowest BCUT2D eigenvalue weighted by Gasteiger charge is -2.25. The SMILES string of the molecule is CN(c1ccnc(C(=O)NCc2ccccn2)c1)C1CCS(=O)(=O)C1. The molecule has 0 aliphatic carbocycles. The molecule has 0 aromatic carbocycles. The van der Waals surface area contributed by atoms with Crippen LogP contribution in [0.25, 0.3) is 0 Å². The zero-order chi connectivity index (χ0) is 17.9. The molecule has 0 bridgehead atoms. The number of anilines is 1. The molecule has 1 unspecified atom stereocenters. The summed E-state index contributed by atoms with van der Waals surface area (Å²) >= 11 is 0. The molecular formula is C17H20N4O3S. The highest BCUT2D eigenvalue weighted by molar-refractivity contribution is 7.91. The molecule has 1 N–H and O–H groups in total. The number of carbonyl (C=O) groups is 1. The quantitative estimate of drug-likeness (QED) is 0.856. The highest BCUT2D eigenvalue weighted by atomic mass is 32.2. The molecule has 7 nitrogen and oxygen atoms in total. The van der Waals surface area contributed by atoms with E-state index in [1.54, 1.807) is 24.5 Å². The number of aromatic nitrogens is 2. The van der Waals surface area contributed by atoms with E-state index in [-0.39, 0.29) is 23.5 Å². The molecule has 1 saturated heterocycles. The molecule has 132 valence electrons. The van der Waals surface area contributed by atoms with Crippen molar-refractivity contribution in [1.82, 2.24) is 15.3 Å². The van der Waals surface area contributed by atoms with Gasteiger partial charge in [0.15, 0.2) is 9.84 Å². The minimum absolute atomic E-state index is 0.0724. The van der Waals surface area contributed by atoms with Crippen LogP contribution >= 0.6 is 0 Å². The fourth-order valence-electron chi connectivity index (χ4n) is 2.82. The van der Waals surface area contributed by atoms with E-state index in [0.29, 0.717) is 18.7 Å². The summed E-state index contributed by atoms with van der Waals surface area (Å²) in [5.41, 5.74) is 1.83. The summed E-state index contributed by atoms with van der Waals surface area (Å²) in [6.45, 7) is 0.322. The predicted octanol–water partition coefficient (Wildman–Crippen LogP) is 1.03. The first-order valence-electron chi connectivity index (χ1n) is 8.02. The molecule has 8 heteroatoms. The monoisotopic (exact) mass is 360 g/mol. The molecule has 1 atom stereocenters. The van der Waals surface area contributed by atoms with Crippen LogP contribution in [0.3, 0.4) is 0 Å². The Bertz CT molecular complexity index is 855. The van der Waals surface area contributed by atoms with E-state index in [4.69, 9.17) is 0 Å². The van der Waals surface area contributed by atoms with Crippen LogP contribution in [0.2, 0.25) is 0 Å². The maximum Gasteiger partial charge on any atom is 0.270 e. The molecule has 2 aromatic rings. The first kappa shape index (κ1) is 17.3. The number of sulfone groups is 1. The molecule has 0 saturated carbocycles. The average Bonchev–Trinajstić information content (AvgIpc) is 3.00. The summed E-state index contributed by atoms with van der Waals surface area (Å²) in [7, 11) is -1.11. The normalized spacial score (nSPS) is 18.7. The highest BCUT2D eigenvalue weighted by Crippen LogP contribution is 2.23. The summed E-state index contributed by atoms with van der Waals surface area (Å²) in [6, 6.07) is 8.89. The van der Waals surface area contributed by atoms with Crippen molar-refractivity contribution < 1.29 is 13.2 Å². The van der Waals surface area contributed by atoms with Gasteiger partial charge in [0.05, 0.1) is 23.7 Å². The maximum absolute atomic E-state index is 12.3. The summed E-state index contributed by atoms with van der Waals surface area (Å²) < 4.78 is 23.3. The molecule has 1 amide bonds. The molecule has 0 radical (unpaired) electrons. The fraction of sp³-hybridized carbons (Fsp3) is 0.353. The van der Waals surface area contributed by atoms with Crippen LogP contribution < -0.4 is 10.2 Å². The van der Waals surface area contributed by atoms with E-state index in [9.17, 15) is 13.2 Å². The lowest BCUT2D eigenvalue weighted by molar-refractivity contribution is 0.0945. The van der Waals surface area contributed by atoms with Crippen molar-refractivity contribution in [1.29, 1.82) is 0 Å². The second-order valence-electron chi connectivity index (χ2n) is 6.07. The summed E-state index contributed by atoms with van der Waals surface area (Å²) in [4.78, 5) is 22.5. The van der Waals surface area contributed by atoms with Gasteiger partial charge in [-0.1, -0.05) is 6.07 Å². The maximum atomic E-state index is 12.3. The van der Waals surface area contributed by atoms with Crippen molar-refractivity contribution in [3.05, 3.63) is 54.1 Å². The number of carbonyl (C=O) groups excluding carboxylic acids is 1. The molecule has 1 fully saturated rings. The molecule has 3 rings (SSSR count). The van der Waals surface area contributed by atoms with E-state index < -0.39 is 9.84 Å². The fourth-order valence-corrected chi connectivity index (χ4v) is 4.59. The van der Waals surface area contributed by atoms with Crippen LogP contribution in [-0.4, -0.2) is 48.9 Å². The Balaban J connectivity index is 1.67. The third-order valence-corrected chi connectivity index (χ3v) is 6.05. The van der Waals surface area contributed by atoms with Gasteiger partial charge in [-0.25, -0.2) is 8.42 Å². The van der Waals surface area contributed by atoms with E-state index in [2.05, 4.69) is 15.3 Å². The van der Waals surface area contributed by atoms with Gasteiger partial charge in [-0.15, -0.1) is 0 Å². The van der Waals surface area contributed by atoms with E-state index in [1.165, 1.54) is 0 Å². The summed E-state index contributed by atoms with van der Waals surface area (Å²) in [5, 5.41) is 2.79. The summed E-state index contributed by atoms with van der Waals surface area (Å²) in [6.07, 6.45) is 3.83. The molecule has 1 aliphatic rings. The number of amides is 1. The number of hydrogen-bond donors (Lipinski definition) is 1. The Morgan fingerprint density at radius 1 is 1.28 bits per heavy atom. The van der Waals surface area contributed by atoms with E-state index >= 15 is 0 Å². The molecule has 1 aliphatic heterocycles. The number of pyridine rings is 2. The van der Waals surface area contributed by atoms with Gasteiger partial charge in [0.1, 0.15) is 5.69 Å². The van der Waals surface area contributed by atoms with Crippen molar-refractivity contribution >= 4 is 21.4 Å². The lowest BCUT2D eigenvalue weighted by Crippen LogP contribution is -2.33. The van der Waals surface area contributed by atoms with Crippen LogP contribution in [0.15, 0.2) is 42.7 Å². The Labute approximate surface area is 147 Å². The number of rotatable bonds is 5. The predicted molar refractivity (Wildman–Crippen MR) is 95.1 cm³/mol. The highest BCUT2D eigenvalue weighted by Gasteiger charge is 2.31. The zero-order valence-corrected chi connectivity index (χ0v) is 14.7. The van der Waals surface area contributed by atoms with Gasteiger partial charge in [0, 0.05) is 31.2 Å². The second kappa shape index (κ2) is 7.18. The molecule has 3 heterocycles. The van der Waals surface area contributed by atoms with Gasteiger partial charge in [-0.3, -0.25) is 14.8 Å². The molecule has 2 aromatic heterocycles. The Kier molecular flexibility index (Phi) is 4.98. The minimum Gasteiger partial charge on any atom is -0.370 e.